The maximum atomic E-state index is 5.65. The summed E-state index contributed by atoms with van der Waals surface area (Å²) in [6.45, 7) is 6.20. The van der Waals surface area contributed by atoms with E-state index in [1.54, 1.807) is 7.11 Å². The maximum Gasteiger partial charge on any atom is 0.0716 e. The Morgan fingerprint density at radius 3 is 2.28 bits per heavy atom. The molecule has 0 saturated heterocycles. The van der Waals surface area contributed by atoms with Crippen LogP contribution in [0.2, 0.25) is 0 Å². The Kier molecular flexibility index (Phi) is 6.33. The van der Waals surface area contributed by atoms with E-state index in [9.17, 15) is 0 Å². The first-order valence-corrected chi connectivity index (χ1v) is 6.48. The summed E-state index contributed by atoms with van der Waals surface area (Å²) in [6.07, 6.45) is 1.83. The van der Waals surface area contributed by atoms with Gasteiger partial charge in [-0.3, -0.25) is 0 Å². The normalized spacial score (nSPS) is 11.8. The molecule has 0 saturated carbocycles. The smallest absolute Gasteiger partial charge is 0.0716 e. The van der Waals surface area contributed by atoms with Gasteiger partial charge in [-0.2, -0.15) is 0 Å². The third-order valence-corrected chi connectivity index (χ3v) is 3.13. The number of methoxy groups -OCH3 is 1. The van der Waals surface area contributed by atoms with E-state index in [1.807, 2.05) is 0 Å². The van der Waals surface area contributed by atoms with Crippen LogP contribution in [0, 0.1) is 0 Å². The van der Waals surface area contributed by atoms with Gasteiger partial charge in [0.25, 0.3) is 0 Å². The van der Waals surface area contributed by atoms with Crippen LogP contribution in [0.1, 0.15) is 31.4 Å². The molecule has 1 aromatic carbocycles. The van der Waals surface area contributed by atoms with Crippen LogP contribution in [0.25, 0.3) is 0 Å². The van der Waals surface area contributed by atoms with E-state index >= 15 is 0 Å². The first-order valence-electron chi connectivity index (χ1n) is 6.48. The fraction of sp³-hybridized carbons (Fsp3) is 0.600. The molecule has 0 heterocycles. The average molecular weight is 251 g/mol. The minimum atomic E-state index is -0.106. The van der Waals surface area contributed by atoms with Gasteiger partial charge < -0.3 is 15.2 Å². The molecule has 0 bridgehead atoms. The summed E-state index contributed by atoms with van der Waals surface area (Å²) in [5.74, 6) is 0. The zero-order valence-corrected chi connectivity index (χ0v) is 11.7. The molecule has 102 valence electrons. The topological polar surface area (TPSA) is 44.5 Å². The fourth-order valence-corrected chi connectivity index (χ4v) is 1.58. The molecular weight excluding hydrogens is 226 g/mol. The largest absolute Gasteiger partial charge is 0.379 e. The highest BCUT2D eigenvalue weighted by Gasteiger charge is 2.15. The predicted molar refractivity (Wildman–Crippen MR) is 74.6 cm³/mol. The Bertz CT molecular complexity index is 333. The van der Waals surface area contributed by atoms with E-state index in [0.29, 0.717) is 19.8 Å². The van der Waals surface area contributed by atoms with Crippen LogP contribution in [0.3, 0.4) is 0 Å². The average Bonchev–Trinajstić information content (AvgIpc) is 2.37. The minimum Gasteiger partial charge on any atom is -0.379 e. The van der Waals surface area contributed by atoms with Gasteiger partial charge in [0.1, 0.15) is 0 Å². The molecule has 0 unspecified atom stereocenters. The lowest BCUT2D eigenvalue weighted by Gasteiger charge is -2.22. The lowest BCUT2D eigenvalue weighted by molar-refractivity contribution is -0.0124. The quantitative estimate of drug-likeness (QED) is 0.722. The van der Waals surface area contributed by atoms with Crippen molar-refractivity contribution in [1.82, 2.24) is 0 Å². The van der Waals surface area contributed by atoms with Gasteiger partial charge in [0.15, 0.2) is 0 Å². The number of nitrogens with two attached hydrogens (primary N) is 1. The zero-order chi connectivity index (χ0) is 13.4. The third-order valence-electron chi connectivity index (χ3n) is 3.13. The van der Waals surface area contributed by atoms with Gasteiger partial charge in [-0.25, -0.2) is 0 Å². The van der Waals surface area contributed by atoms with Crippen molar-refractivity contribution in [2.75, 3.05) is 20.3 Å². The molecule has 2 N–H and O–H groups in total. The molecule has 0 amide bonds. The SMILES string of the molecule is COC(C)(C)CCOCc1ccc(CCN)cc1. The lowest BCUT2D eigenvalue weighted by Crippen LogP contribution is -2.24. The minimum absolute atomic E-state index is 0.106. The van der Waals surface area contributed by atoms with Crippen LogP contribution in [0.5, 0.6) is 0 Å². The highest BCUT2D eigenvalue weighted by atomic mass is 16.5. The molecule has 0 aliphatic heterocycles. The molecule has 0 radical (unpaired) electrons. The predicted octanol–water partition coefficient (Wildman–Crippen LogP) is 2.52. The number of benzene rings is 1. The second-order valence-electron chi connectivity index (χ2n) is 5.12. The Morgan fingerprint density at radius 1 is 1.11 bits per heavy atom. The van der Waals surface area contributed by atoms with Crippen LogP contribution in [0.4, 0.5) is 0 Å². The van der Waals surface area contributed by atoms with Crippen molar-refractivity contribution in [3.8, 4) is 0 Å². The summed E-state index contributed by atoms with van der Waals surface area (Å²) >= 11 is 0. The molecule has 3 heteroatoms. The summed E-state index contributed by atoms with van der Waals surface area (Å²) < 4.78 is 11.0. The van der Waals surface area contributed by atoms with Gasteiger partial charge in [-0.05, 0) is 44.4 Å². The Balaban J connectivity index is 2.27. The van der Waals surface area contributed by atoms with Gasteiger partial charge in [0.05, 0.1) is 12.2 Å². The van der Waals surface area contributed by atoms with Crippen molar-refractivity contribution in [2.24, 2.45) is 5.73 Å². The van der Waals surface area contributed by atoms with Crippen LogP contribution in [-0.2, 0) is 22.5 Å². The number of hydrogen-bond acceptors (Lipinski definition) is 3. The molecule has 1 rings (SSSR count). The fourth-order valence-electron chi connectivity index (χ4n) is 1.58. The lowest BCUT2D eigenvalue weighted by atomic mass is 10.1. The van der Waals surface area contributed by atoms with E-state index in [1.165, 1.54) is 11.1 Å². The zero-order valence-electron chi connectivity index (χ0n) is 11.7. The summed E-state index contributed by atoms with van der Waals surface area (Å²) in [4.78, 5) is 0. The third kappa shape index (κ3) is 5.63. The highest BCUT2D eigenvalue weighted by Crippen LogP contribution is 2.13. The molecule has 3 nitrogen and oxygen atoms in total. The molecule has 0 fully saturated rings. The van der Waals surface area contributed by atoms with Gasteiger partial charge in [0.2, 0.25) is 0 Å². The van der Waals surface area contributed by atoms with Crippen molar-refractivity contribution >= 4 is 0 Å². The van der Waals surface area contributed by atoms with Crippen molar-refractivity contribution in [3.05, 3.63) is 35.4 Å². The first-order chi connectivity index (χ1) is 8.57. The van der Waals surface area contributed by atoms with Crippen molar-refractivity contribution in [3.63, 3.8) is 0 Å². The van der Waals surface area contributed by atoms with Gasteiger partial charge in [-0.1, -0.05) is 24.3 Å². The Hall–Kier alpha value is -0.900. The molecule has 18 heavy (non-hydrogen) atoms. The van der Waals surface area contributed by atoms with E-state index in [-0.39, 0.29) is 5.60 Å². The summed E-state index contributed by atoms with van der Waals surface area (Å²) in [6, 6.07) is 8.44. The van der Waals surface area contributed by atoms with Gasteiger partial charge in [0, 0.05) is 13.7 Å². The van der Waals surface area contributed by atoms with E-state index in [0.717, 1.165) is 12.8 Å². The second kappa shape index (κ2) is 7.52. The highest BCUT2D eigenvalue weighted by molar-refractivity contribution is 5.22. The number of ether oxygens (including phenoxy) is 2. The molecule has 0 aromatic heterocycles. The molecule has 0 aliphatic rings. The molecule has 0 aliphatic carbocycles. The standard InChI is InChI=1S/C15H25NO2/c1-15(2,17-3)9-11-18-12-14-6-4-13(5-7-14)8-10-16/h4-7H,8-12,16H2,1-3H3. The van der Waals surface area contributed by atoms with Crippen LogP contribution < -0.4 is 5.73 Å². The summed E-state index contributed by atoms with van der Waals surface area (Å²) in [5.41, 5.74) is 7.89. The van der Waals surface area contributed by atoms with Crippen LogP contribution in [-0.4, -0.2) is 25.9 Å². The summed E-state index contributed by atoms with van der Waals surface area (Å²) in [5, 5.41) is 0. The first kappa shape index (κ1) is 15.2. The van der Waals surface area contributed by atoms with Crippen molar-refractivity contribution in [1.29, 1.82) is 0 Å². The molecule has 1 aromatic rings. The molecule has 0 spiro atoms. The van der Waals surface area contributed by atoms with E-state index in [4.69, 9.17) is 15.2 Å². The summed E-state index contributed by atoms with van der Waals surface area (Å²) in [7, 11) is 1.73. The maximum absolute atomic E-state index is 5.65. The monoisotopic (exact) mass is 251 g/mol. The van der Waals surface area contributed by atoms with Crippen LogP contribution >= 0.6 is 0 Å². The van der Waals surface area contributed by atoms with Gasteiger partial charge in [-0.15, -0.1) is 0 Å². The van der Waals surface area contributed by atoms with Crippen LogP contribution in [0.15, 0.2) is 24.3 Å². The van der Waals surface area contributed by atoms with Gasteiger partial charge >= 0.3 is 0 Å². The number of hydrogen-bond donors (Lipinski definition) is 1. The second-order valence-corrected chi connectivity index (χ2v) is 5.12. The number of rotatable bonds is 8. The van der Waals surface area contributed by atoms with E-state index < -0.39 is 0 Å². The van der Waals surface area contributed by atoms with E-state index in [2.05, 4.69) is 38.1 Å². The molecule has 0 atom stereocenters. The van der Waals surface area contributed by atoms with Crippen molar-refractivity contribution in [2.45, 2.75) is 38.9 Å². The Labute approximate surface area is 110 Å². The Morgan fingerprint density at radius 2 is 1.72 bits per heavy atom. The van der Waals surface area contributed by atoms with Crippen molar-refractivity contribution < 1.29 is 9.47 Å². The molecular formula is C15H25NO2.